The Morgan fingerprint density at radius 3 is 0.909 bits per heavy atom. The first-order chi connectivity index (χ1) is 3.46. The molecule has 0 unspecified atom stereocenters. The van der Waals surface area contributed by atoms with Crippen LogP contribution in [0.15, 0.2) is 0 Å². The quantitative estimate of drug-likeness (QED) is 0.380. The summed E-state index contributed by atoms with van der Waals surface area (Å²) >= 11 is 0. The van der Waals surface area contributed by atoms with E-state index < -0.39 is 11.9 Å². The molecule has 0 bridgehead atoms. The van der Waals surface area contributed by atoms with Crippen molar-refractivity contribution < 1.29 is 19.8 Å². The first-order valence-electron chi connectivity index (χ1n) is 1.86. The normalized spacial score (nSPS) is 4.55. The molecule has 0 rings (SSSR count). The van der Waals surface area contributed by atoms with Gasteiger partial charge in [0, 0.05) is 13.8 Å². The molecule has 0 amide bonds. The number of aliphatic carboxylic acids is 2. The molecule has 0 heterocycles. The van der Waals surface area contributed by atoms with Crippen molar-refractivity contribution in [3.8, 4) is 0 Å². The van der Waals surface area contributed by atoms with Gasteiger partial charge < -0.3 is 22.5 Å². The summed E-state index contributed by atoms with van der Waals surface area (Å²) in [4.78, 5) is 18.0. The number of carbonyl (C=O) groups is 2. The molecule has 0 atom stereocenters. The number of carboxylic acids is 2. The van der Waals surface area contributed by atoms with Crippen LogP contribution in [0.4, 0.5) is 0 Å². The van der Waals surface area contributed by atoms with E-state index in [0.717, 1.165) is 13.8 Å². The molecule has 6 nitrogen and oxygen atoms in total. The molecular weight excluding hydrogens is 163 g/mol. The monoisotopic (exact) mass is 178 g/mol. The van der Waals surface area contributed by atoms with E-state index in [2.05, 4.69) is 0 Å². The molecule has 66 valence electrons. The number of carboxylic acid groups (broad SMARTS) is 2. The Labute approximate surface area is 87.4 Å². The van der Waals surface area contributed by atoms with Crippen molar-refractivity contribution >= 4 is 41.5 Å². The maximum absolute atomic E-state index is 9.00. The van der Waals surface area contributed by atoms with Crippen LogP contribution >= 0.6 is 0 Å². The molecule has 11 heavy (non-hydrogen) atoms. The van der Waals surface area contributed by atoms with E-state index in [4.69, 9.17) is 19.8 Å². The molecule has 0 aliphatic carbocycles. The van der Waals surface area contributed by atoms with Crippen LogP contribution in [0.3, 0.4) is 0 Å². The van der Waals surface area contributed by atoms with Crippen LogP contribution in [0.1, 0.15) is 13.8 Å². The summed E-state index contributed by atoms with van der Waals surface area (Å²) in [7, 11) is 0. The van der Waals surface area contributed by atoms with Gasteiger partial charge in [0.05, 0.1) is 0 Å². The summed E-state index contributed by atoms with van der Waals surface area (Å²) in [6.45, 7) is 2.17. The van der Waals surface area contributed by atoms with E-state index in [1.807, 2.05) is 0 Å². The van der Waals surface area contributed by atoms with Gasteiger partial charge in [-0.1, -0.05) is 0 Å². The van der Waals surface area contributed by atoms with Gasteiger partial charge >= 0.3 is 29.6 Å². The SMILES string of the molecule is CC(=O)O.CC(=O)O.N.N.[NaH]. The molecule has 0 spiro atoms. The van der Waals surface area contributed by atoms with E-state index in [1.165, 1.54) is 0 Å². The standard InChI is InChI=1S/2C2H4O2.2H3N.Na.H/c2*1-2(3)4;;;;/h2*1H3,(H,3,4);2*1H3;;. The van der Waals surface area contributed by atoms with Crippen molar-refractivity contribution in [3.05, 3.63) is 0 Å². The molecule has 0 aromatic rings. The van der Waals surface area contributed by atoms with Gasteiger partial charge in [0.2, 0.25) is 0 Å². The second kappa shape index (κ2) is 22.5. The first-order valence-corrected chi connectivity index (χ1v) is 1.86. The Hall–Kier alpha value is -0.140. The van der Waals surface area contributed by atoms with Gasteiger partial charge in [0.1, 0.15) is 0 Å². The predicted molar refractivity (Wildman–Crippen MR) is 43.8 cm³/mol. The van der Waals surface area contributed by atoms with Crippen molar-refractivity contribution in [2.24, 2.45) is 0 Å². The molecule has 7 heteroatoms. The summed E-state index contributed by atoms with van der Waals surface area (Å²) in [6, 6.07) is 0. The third-order valence-electron chi connectivity index (χ3n) is 0. The Balaban J connectivity index is -0.0000000171. The zero-order valence-corrected chi connectivity index (χ0v) is 6.13. The third-order valence-corrected chi connectivity index (χ3v) is 0. The molecule has 0 aliphatic heterocycles. The van der Waals surface area contributed by atoms with Gasteiger partial charge in [-0.2, -0.15) is 0 Å². The molecule has 8 N–H and O–H groups in total. The Kier molecular flexibility index (Phi) is 63.0. The third kappa shape index (κ3) is 31100. The Morgan fingerprint density at radius 1 is 0.909 bits per heavy atom. The fourth-order valence-electron chi connectivity index (χ4n) is 0. The van der Waals surface area contributed by atoms with Gasteiger partial charge in [-0.15, -0.1) is 0 Å². The molecule has 0 saturated carbocycles. The topological polar surface area (TPSA) is 145 Å². The second-order valence-corrected chi connectivity index (χ2v) is 1.04. The van der Waals surface area contributed by atoms with Crippen molar-refractivity contribution in [3.63, 3.8) is 0 Å². The minimum absolute atomic E-state index is 0. The van der Waals surface area contributed by atoms with Crippen LogP contribution in [0.5, 0.6) is 0 Å². The van der Waals surface area contributed by atoms with Crippen LogP contribution in [0, 0.1) is 0 Å². The minimum atomic E-state index is -0.833. The number of hydrogen-bond donors (Lipinski definition) is 4. The van der Waals surface area contributed by atoms with Crippen molar-refractivity contribution in [1.82, 2.24) is 12.3 Å². The molecule has 0 aromatic carbocycles. The molecule has 0 fully saturated rings. The summed E-state index contributed by atoms with van der Waals surface area (Å²) < 4.78 is 0. The van der Waals surface area contributed by atoms with Crippen LogP contribution in [-0.4, -0.2) is 51.7 Å². The van der Waals surface area contributed by atoms with E-state index in [0.29, 0.717) is 0 Å². The van der Waals surface area contributed by atoms with Crippen molar-refractivity contribution in [1.29, 1.82) is 0 Å². The van der Waals surface area contributed by atoms with E-state index in [-0.39, 0.29) is 41.9 Å². The Bertz CT molecular complexity index is 78.1. The fraction of sp³-hybridized carbons (Fsp3) is 0.500. The van der Waals surface area contributed by atoms with Gasteiger partial charge in [-0.25, -0.2) is 0 Å². The average molecular weight is 178 g/mol. The van der Waals surface area contributed by atoms with Crippen molar-refractivity contribution in [2.45, 2.75) is 13.8 Å². The van der Waals surface area contributed by atoms with E-state index in [9.17, 15) is 0 Å². The van der Waals surface area contributed by atoms with Gasteiger partial charge in [-0.3, -0.25) is 9.59 Å². The summed E-state index contributed by atoms with van der Waals surface area (Å²) in [5.74, 6) is -1.67. The molecule has 0 aliphatic rings. The number of hydrogen-bond acceptors (Lipinski definition) is 4. The van der Waals surface area contributed by atoms with Crippen LogP contribution in [0.25, 0.3) is 0 Å². The van der Waals surface area contributed by atoms with E-state index in [1.54, 1.807) is 0 Å². The first kappa shape index (κ1) is 30.7. The predicted octanol–water partition coefficient (Wildman–Crippen LogP) is -0.143. The summed E-state index contributed by atoms with van der Waals surface area (Å²) in [6.07, 6.45) is 0. The fourth-order valence-corrected chi connectivity index (χ4v) is 0. The second-order valence-electron chi connectivity index (χ2n) is 1.04. The van der Waals surface area contributed by atoms with Crippen molar-refractivity contribution in [2.75, 3.05) is 0 Å². The summed E-state index contributed by atoms with van der Waals surface area (Å²) in [5.41, 5.74) is 0. The molecule has 0 aromatic heterocycles. The van der Waals surface area contributed by atoms with Gasteiger partial charge in [-0.05, 0) is 0 Å². The van der Waals surface area contributed by atoms with Gasteiger partial charge in [0.15, 0.2) is 0 Å². The average Bonchev–Trinajstić information content (AvgIpc) is 1.25. The van der Waals surface area contributed by atoms with Crippen LogP contribution < -0.4 is 12.3 Å². The number of rotatable bonds is 0. The molecule has 0 saturated heterocycles. The zero-order valence-electron chi connectivity index (χ0n) is 6.13. The Morgan fingerprint density at radius 2 is 0.909 bits per heavy atom. The van der Waals surface area contributed by atoms with Crippen LogP contribution in [0.2, 0.25) is 0 Å². The maximum atomic E-state index is 9.00. The molecular formula is C4H15N2NaO4. The van der Waals surface area contributed by atoms with Gasteiger partial charge in [0.25, 0.3) is 11.9 Å². The van der Waals surface area contributed by atoms with E-state index >= 15 is 0 Å². The van der Waals surface area contributed by atoms with Crippen LogP contribution in [-0.2, 0) is 9.59 Å². The zero-order chi connectivity index (χ0) is 7.15. The summed E-state index contributed by atoms with van der Waals surface area (Å²) in [5, 5.41) is 14.8. The molecule has 0 radical (unpaired) electrons.